The Morgan fingerprint density at radius 3 is 1.60 bits per heavy atom. The number of halogens is 2. The molecule has 0 aliphatic carbocycles. The molecule has 0 aliphatic heterocycles. The SMILES string of the molecule is Cc1cc(C)c(C)c(-c2cc3cc(-c4ccc(F)cc4)ccc3c[n+]2C)c1.[2H]C([2H])([2H])c1cc(C)cc(-c2cc3cc(-c4ccc(F)cc4)cc(CC(C)C)c3c[n+]2C)c1C. The zero-order valence-electron chi connectivity index (χ0n) is 38.1. The number of nitrogens with zero attached hydrogens (tertiary/aromatic N) is 2. The van der Waals surface area contributed by atoms with Crippen LogP contribution in [0.2, 0.25) is 0 Å². The Labute approximate surface area is 347 Å². The molecule has 0 fully saturated rings. The molecule has 6 aromatic carbocycles. The number of hydrogen-bond acceptors (Lipinski definition) is 0. The van der Waals surface area contributed by atoms with Crippen LogP contribution in [0, 0.1) is 59.0 Å². The third-order valence-electron chi connectivity index (χ3n) is 11.3. The van der Waals surface area contributed by atoms with Crippen molar-refractivity contribution in [3.05, 3.63) is 178 Å². The van der Waals surface area contributed by atoms with Gasteiger partial charge in [-0.1, -0.05) is 73.5 Å². The van der Waals surface area contributed by atoms with Gasteiger partial charge in [0.2, 0.25) is 11.4 Å². The molecule has 0 N–H and O–H groups in total. The fourth-order valence-corrected chi connectivity index (χ4v) is 8.08. The van der Waals surface area contributed by atoms with Gasteiger partial charge in [0.25, 0.3) is 0 Å². The standard InChI is InChI=1S/C29H31FN.C25H23FN/c1-18(2)11-24-14-23(22-7-9-26(30)10-8-22)15-25-16-29(31(6)17-28(24)25)27-13-19(3)12-20(4)21(27)5;1-16-11-17(2)18(3)24(12-16)25-14-22-13-20(5-6-21(22)15-27(25)4)19-7-9-23(26)10-8-19/h7-10,12-18H,11H2,1-6H3;5-15H,1-4H3/q2*+1/i4D3;. The second-order valence-electron chi connectivity index (χ2n) is 16.4. The van der Waals surface area contributed by atoms with E-state index < -0.39 is 6.85 Å². The molecule has 0 radical (unpaired) electrons. The van der Waals surface area contributed by atoms with Gasteiger partial charge in [0.1, 0.15) is 25.7 Å². The lowest BCUT2D eigenvalue weighted by Crippen LogP contribution is -2.31. The van der Waals surface area contributed by atoms with Gasteiger partial charge >= 0.3 is 0 Å². The Bertz CT molecular complexity index is 2930. The second kappa shape index (κ2) is 16.5. The fraction of sp³-hybridized carbons (Fsp3) is 0.222. The van der Waals surface area contributed by atoms with Crippen molar-refractivity contribution in [1.29, 1.82) is 0 Å². The largest absolute Gasteiger partial charge is 0.213 e. The van der Waals surface area contributed by atoms with Crippen molar-refractivity contribution >= 4 is 21.5 Å². The highest BCUT2D eigenvalue weighted by Gasteiger charge is 2.19. The molecule has 0 atom stereocenters. The van der Waals surface area contributed by atoms with Crippen LogP contribution in [0.25, 0.3) is 66.3 Å². The number of fused-ring (bicyclic) bond motifs is 2. The lowest BCUT2D eigenvalue weighted by Gasteiger charge is -2.14. The number of aryl methyl sites for hydroxylation is 6. The number of benzene rings is 6. The lowest BCUT2D eigenvalue weighted by molar-refractivity contribution is -0.659. The molecule has 2 nitrogen and oxygen atoms in total. The smallest absolute Gasteiger partial charge is 0.207 e. The predicted octanol–water partition coefficient (Wildman–Crippen LogP) is 13.3. The topological polar surface area (TPSA) is 7.76 Å². The molecule has 0 aliphatic rings. The maximum atomic E-state index is 13.5. The molecule has 2 aromatic heterocycles. The third-order valence-corrected chi connectivity index (χ3v) is 11.3. The number of pyridine rings is 2. The van der Waals surface area contributed by atoms with E-state index in [4.69, 9.17) is 4.11 Å². The molecule has 292 valence electrons. The Morgan fingerprint density at radius 1 is 0.517 bits per heavy atom. The van der Waals surface area contributed by atoms with E-state index in [1.807, 2.05) is 45.2 Å². The molecule has 0 unspecified atom stereocenters. The number of rotatable bonds is 6. The van der Waals surface area contributed by atoms with Crippen LogP contribution in [0.3, 0.4) is 0 Å². The predicted molar refractivity (Wildman–Crippen MR) is 239 cm³/mol. The van der Waals surface area contributed by atoms with Crippen LogP contribution in [-0.4, -0.2) is 0 Å². The zero-order chi connectivity index (χ0) is 43.9. The van der Waals surface area contributed by atoms with Crippen molar-refractivity contribution in [2.75, 3.05) is 0 Å². The molecule has 58 heavy (non-hydrogen) atoms. The Hall–Kier alpha value is -6.00. The minimum absolute atomic E-state index is 0.209. The second-order valence-corrected chi connectivity index (χ2v) is 16.4. The minimum atomic E-state index is -2.17. The summed E-state index contributed by atoms with van der Waals surface area (Å²) in [4.78, 5) is 0. The van der Waals surface area contributed by atoms with Gasteiger partial charge in [-0.15, -0.1) is 0 Å². The van der Waals surface area contributed by atoms with E-state index in [0.29, 0.717) is 11.5 Å². The van der Waals surface area contributed by atoms with Gasteiger partial charge in [-0.2, -0.15) is 0 Å². The molecule has 0 bridgehead atoms. The van der Waals surface area contributed by atoms with Gasteiger partial charge in [-0.3, -0.25) is 0 Å². The fourth-order valence-electron chi connectivity index (χ4n) is 8.08. The Morgan fingerprint density at radius 2 is 1.02 bits per heavy atom. The summed E-state index contributed by atoms with van der Waals surface area (Å²) in [6.07, 6.45) is 5.25. The normalized spacial score (nSPS) is 12.3. The number of hydrogen-bond donors (Lipinski definition) is 0. The summed E-state index contributed by atoms with van der Waals surface area (Å²) in [5, 5.41) is 4.63. The van der Waals surface area contributed by atoms with Gasteiger partial charge in [0, 0.05) is 38.1 Å². The molecule has 0 spiro atoms. The summed E-state index contributed by atoms with van der Waals surface area (Å²) in [6.45, 7) is 12.6. The van der Waals surface area contributed by atoms with E-state index in [1.54, 1.807) is 6.07 Å². The summed E-state index contributed by atoms with van der Waals surface area (Å²) >= 11 is 0. The molecule has 4 heteroatoms. The summed E-state index contributed by atoms with van der Waals surface area (Å²) in [6, 6.07) is 36.8. The van der Waals surface area contributed by atoms with E-state index in [0.717, 1.165) is 56.4 Å². The highest BCUT2D eigenvalue weighted by atomic mass is 19.1. The molecule has 0 amide bonds. The van der Waals surface area contributed by atoms with Crippen LogP contribution < -0.4 is 9.13 Å². The van der Waals surface area contributed by atoms with Crippen molar-refractivity contribution in [2.45, 2.75) is 61.7 Å². The lowest BCUT2D eigenvalue weighted by atomic mass is 9.91. The monoisotopic (exact) mass is 771 g/mol. The molecular formula is C54H54F2N2+2. The van der Waals surface area contributed by atoms with E-state index in [-0.39, 0.29) is 11.6 Å². The van der Waals surface area contributed by atoms with Gasteiger partial charge in [-0.25, -0.2) is 17.9 Å². The Kier molecular flexibility index (Phi) is 10.3. The van der Waals surface area contributed by atoms with Gasteiger partial charge < -0.3 is 0 Å². The molecule has 0 saturated carbocycles. The first-order chi connectivity index (χ1) is 28.9. The van der Waals surface area contributed by atoms with Crippen LogP contribution in [-0.2, 0) is 20.5 Å². The van der Waals surface area contributed by atoms with Crippen molar-refractivity contribution in [3.8, 4) is 44.8 Å². The van der Waals surface area contributed by atoms with Crippen molar-refractivity contribution in [2.24, 2.45) is 20.0 Å². The van der Waals surface area contributed by atoms with Crippen LogP contribution in [0.5, 0.6) is 0 Å². The minimum Gasteiger partial charge on any atom is -0.207 e. The molecule has 8 aromatic rings. The van der Waals surface area contributed by atoms with Gasteiger partial charge in [-0.05, 0) is 169 Å². The van der Waals surface area contributed by atoms with E-state index in [9.17, 15) is 8.78 Å². The van der Waals surface area contributed by atoms with Crippen LogP contribution in [0.1, 0.15) is 56.9 Å². The highest BCUT2D eigenvalue weighted by Crippen LogP contribution is 2.33. The first-order valence-corrected chi connectivity index (χ1v) is 20.0. The van der Waals surface area contributed by atoms with Crippen LogP contribution >= 0.6 is 0 Å². The third kappa shape index (κ3) is 8.48. The average molecular weight is 772 g/mol. The first kappa shape index (κ1) is 36.3. The maximum absolute atomic E-state index is 13.5. The maximum Gasteiger partial charge on any atom is 0.213 e. The van der Waals surface area contributed by atoms with E-state index in [2.05, 4.69) is 124 Å². The zero-order valence-corrected chi connectivity index (χ0v) is 35.1. The van der Waals surface area contributed by atoms with Crippen molar-refractivity contribution in [1.82, 2.24) is 0 Å². The summed E-state index contributed by atoms with van der Waals surface area (Å²) in [5.41, 5.74) is 15.7. The molecule has 8 rings (SSSR count). The van der Waals surface area contributed by atoms with Gasteiger partial charge in [0.15, 0.2) is 12.4 Å². The van der Waals surface area contributed by atoms with Crippen LogP contribution in [0.15, 0.2) is 128 Å². The average Bonchev–Trinajstić information content (AvgIpc) is 3.20. The molecular weight excluding hydrogens is 715 g/mol. The van der Waals surface area contributed by atoms with E-state index >= 15 is 0 Å². The molecule has 2 heterocycles. The van der Waals surface area contributed by atoms with Crippen molar-refractivity contribution in [3.63, 3.8) is 0 Å². The van der Waals surface area contributed by atoms with Gasteiger partial charge in [0.05, 0.1) is 0 Å². The summed E-state index contributed by atoms with van der Waals surface area (Å²) in [7, 11) is 4.11. The summed E-state index contributed by atoms with van der Waals surface area (Å²) in [5.74, 6) is 0.0258. The Balaban J connectivity index is 0.000000189. The number of aromatic nitrogens is 2. The summed E-state index contributed by atoms with van der Waals surface area (Å²) < 4.78 is 55.0. The first-order valence-electron chi connectivity index (χ1n) is 21.5. The quantitative estimate of drug-likeness (QED) is 0.149. The van der Waals surface area contributed by atoms with E-state index in [1.165, 1.54) is 73.9 Å². The molecule has 0 saturated heterocycles. The van der Waals surface area contributed by atoms with Crippen molar-refractivity contribution < 1.29 is 22.0 Å². The van der Waals surface area contributed by atoms with Crippen LogP contribution in [0.4, 0.5) is 8.78 Å². The highest BCUT2D eigenvalue weighted by molar-refractivity contribution is 5.92.